The molecule has 3 aromatic rings. The van der Waals surface area contributed by atoms with Gasteiger partial charge in [0.05, 0.1) is 24.2 Å². The second kappa shape index (κ2) is 7.87. The molecule has 0 atom stereocenters. The van der Waals surface area contributed by atoms with Crippen molar-refractivity contribution >= 4 is 22.5 Å². The van der Waals surface area contributed by atoms with Crippen molar-refractivity contribution in [3.05, 3.63) is 64.8 Å². The number of benzene rings is 1. The Labute approximate surface area is 169 Å². The Hall–Kier alpha value is -3.48. The molecule has 0 aliphatic carbocycles. The molecule has 1 saturated heterocycles. The SMILES string of the molecule is [C-]#[N+]c1ccc(-n2c(C)c(C(=O)CN3CCCCC3)c3nc(C#N)ccc32)cc1. The molecule has 0 saturated carbocycles. The highest BCUT2D eigenvalue weighted by Gasteiger charge is 2.24. The zero-order valence-electron chi connectivity index (χ0n) is 16.4. The smallest absolute Gasteiger partial charge is 0.187 e. The summed E-state index contributed by atoms with van der Waals surface area (Å²) in [4.78, 5) is 23.4. The second-order valence-electron chi connectivity index (χ2n) is 7.36. The van der Waals surface area contributed by atoms with E-state index in [-0.39, 0.29) is 5.78 Å². The minimum atomic E-state index is 0.0357. The number of nitrogens with zero attached hydrogens (tertiary/aromatic N) is 5. The van der Waals surface area contributed by atoms with E-state index in [1.807, 2.05) is 29.7 Å². The molecule has 0 radical (unpaired) electrons. The molecule has 0 bridgehead atoms. The lowest BCUT2D eigenvalue weighted by molar-refractivity contribution is 0.0916. The third-order valence-corrected chi connectivity index (χ3v) is 5.50. The van der Waals surface area contributed by atoms with Gasteiger partial charge in [0.25, 0.3) is 0 Å². The third kappa shape index (κ3) is 3.51. The van der Waals surface area contributed by atoms with E-state index in [4.69, 9.17) is 6.57 Å². The predicted octanol–water partition coefficient (Wildman–Crippen LogP) is 4.42. The first-order valence-corrected chi connectivity index (χ1v) is 9.78. The van der Waals surface area contributed by atoms with Crippen molar-refractivity contribution in [1.82, 2.24) is 14.5 Å². The number of likely N-dealkylation sites (tertiary alicyclic amines) is 1. The number of fused-ring (bicyclic) bond motifs is 1. The van der Waals surface area contributed by atoms with Gasteiger partial charge in [-0.1, -0.05) is 18.6 Å². The zero-order chi connectivity index (χ0) is 20.4. The van der Waals surface area contributed by atoms with Crippen molar-refractivity contribution in [2.24, 2.45) is 0 Å². The van der Waals surface area contributed by atoms with Gasteiger partial charge >= 0.3 is 0 Å². The fourth-order valence-corrected chi connectivity index (χ4v) is 4.08. The van der Waals surface area contributed by atoms with Gasteiger partial charge in [0, 0.05) is 11.4 Å². The van der Waals surface area contributed by atoms with Crippen LogP contribution >= 0.6 is 0 Å². The summed E-state index contributed by atoms with van der Waals surface area (Å²) < 4.78 is 1.99. The van der Waals surface area contributed by atoms with Crippen LogP contribution in [-0.2, 0) is 0 Å². The lowest BCUT2D eigenvalue weighted by atomic mass is 10.1. The third-order valence-electron chi connectivity index (χ3n) is 5.50. The van der Waals surface area contributed by atoms with Gasteiger partial charge in [-0.15, -0.1) is 0 Å². The summed E-state index contributed by atoms with van der Waals surface area (Å²) in [6.45, 7) is 11.3. The summed E-state index contributed by atoms with van der Waals surface area (Å²) in [6, 6.07) is 12.9. The van der Waals surface area contributed by atoms with Crippen LogP contribution in [0.3, 0.4) is 0 Å². The van der Waals surface area contributed by atoms with E-state index in [0.29, 0.717) is 29.0 Å². The number of hydrogen-bond acceptors (Lipinski definition) is 4. The monoisotopic (exact) mass is 383 g/mol. The Morgan fingerprint density at radius 3 is 2.55 bits per heavy atom. The fourth-order valence-electron chi connectivity index (χ4n) is 4.08. The van der Waals surface area contributed by atoms with E-state index in [1.54, 1.807) is 18.2 Å². The topological polar surface area (TPSA) is 66.3 Å². The summed E-state index contributed by atoms with van der Waals surface area (Å²) >= 11 is 0. The summed E-state index contributed by atoms with van der Waals surface area (Å²) in [5.41, 5.74) is 4.47. The highest BCUT2D eigenvalue weighted by molar-refractivity contribution is 6.09. The number of Topliss-reactive ketones (excluding diaryl/α,β-unsaturated/α-hetero) is 1. The molecule has 1 fully saturated rings. The van der Waals surface area contributed by atoms with Crippen LogP contribution < -0.4 is 0 Å². The Morgan fingerprint density at radius 2 is 1.90 bits per heavy atom. The Morgan fingerprint density at radius 1 is 1.17 bits per heavy atom. The van der Waals surface area contributed by atoms with Gasteiger partial charge in [-0.2, -0.15) is 5.26 Å². The molecule has 29 heavy (non-hydrogen) atoms. The standard InChI is InChI=1S/C23H21N5O/c1-16-22(21(29)15-27-12-4-3-5-13-27)23-20(11-8-18(14-24)26-23)28(16)19-9-6-17(25-2)7-10-19/h6-11H,3-5,12-13,15H2,1H3. The summed E-state index contributed by atoms with van der Waals surface area (Å²) in [5, 5.41) is 9.30. The molecular formula is C23H21N5O. The zero-order valence-corrected chi connectivity index (χ0v) is 16.4. The van der Waals surface area contributed by atoms with Crippen molar-refractivity contribution in [2.45, 2.75) is 26.2 Å². The number of pyridine rings is 1. The summed E-state index contributed by atoms with van der Waals surface area (Å²) in [6.07, 6.45) is 3.47. The molecule has 0 N–H and O–H groups in total. The average Bonchev–Trinajstić information content (AvgIpc) is 3.05. The normalized spacial score (nSPS) is 14.4. The van der Waals surface area contributed by atoms with Gasteiger partial charge in [-0.3, -0.25) is 9.69 Å². The molecule has 4 rings (SSSR count). The van der Waals surface area contributed by atoms with E-state index in [0.717, 1.165) is 42.8 Å². The first kappa shape index (κ1) is 18.9. The molecule has 0 unspecified atom stereocenters. The minimum Gasteiger partial charge on any atom is -0.312 e. The molecule has 144 valence electrons. The molecule has 1 aliphatic heterocycles. The van der Waals surface area contributed by atoms with E-state index in [2.05, 4.69) is 20.8 Å². The van der Waals surface area contributed by atoms with E-state index in [1.165, 1.54) is 6.42 Å². The molecule has 0 spiro atoms. The summed E-state index contributed by atoms with van der Waals surface area (Å²) in [5.74, 6) is 0.0357. The number of rotatable bonds is 4. The first-order chi connectivity index (χ1) is 14.1. The Balaban J connectivity index is 1.84. The van der Waals surface area contributed by atoms with Gasteiger partial charge in [0.2, 0.25) is 0 Å². The molecule has 1 aromatic carbocycles. The average molecular weight is 383 g/mol. The van der Waals surface area contributed by atoms with Crippen molar-refractivity contribution in [2.75, 3.05) is 19.6 Å². The second-order valence-corrected chi connectivity index (χ2v) is 7.36. The number of piperidine rings is 1. The number of carbonyl (C=O) groups is 1. The van der Waals surface area contributed by atoms with Gasteiger partial charge in [0.1, 0.15) is 17.3 Å². The summed E-state index contributed by atoms with van der Waals surface area (Å²) in [7, 11) is 0. The molecule has 2 aromatic heterocycles. The van der Waals surface area contributed by atoms with Crippen molar-refractivity contribution in [3.8, 4) is 11.8 Å². The van der Waals surface area contributed by atoms with Gasteiger partial charge in [-0.05, 0) is 57.1 Å². The molecule has 0 amide bonds. The Bertz CT molecular complexity index is 1160. The number of aromatic nitrogens is 2. The van der Waals surface area contributed by atoms with E-state index in [9.17, 15) is 10.1 Å². The van der Waals surface area contributed by atoms with Crippen molar-refractivity contribution in [3.63, 3.8) is 0 Å². The molecule has 3 heterocycles. The van der Waals surface area contributed by atoms with Crippen LogP contribution in [0.4, 0.5) is 5.69 Å². The number of nitriles is 1. The maximum Gasteiger partial charge on any atom is 0.187 e. The largest absolute Gasteiger partial charge is 0.312 e. The number of hydrogen-bond donors (Lipinski definition) is 0. The van der Waals surface area contributed by atoms with Gasteiger partial charge in [-0.25, -0.2) is 9.83 Å². The highest BCUT2D eigenvalue weighted by Crippen LogP contribution is 2.30. The van der Waals surface area contributed by atoms with Gasteiger partial charge in [0.15, 0.2) is 11.5 Å². The highest BCUT2D eigenvalue weighted by atomic mass is 16.1. The predicted molar refractivity (Wildman–Crippen MR) is 111 cm³/mol. The van der Waals surface area contributed by atoms with Crippen LogP contribution in [0.2, 0.25) is 0 Å². The lowest BCUT2D eigenvalue weighted by Gasteiger charge is -2.25. The van der Waals surface area contributed by atoms with Crippen LogP contribution in [0.1, 0.15) is 41.0 Å². The van der Waals surface area contributed by atoms with Crippen LogP contribution in [0.5, 0.6) is 0 Å². The Kier molecular flexibility index (Phi) is 5.12. The van der Waals surface area contributed by atoms with E-state index >= 15 is 0 Å². The molecule has 6 nitrogen and oxygen atoms in total. The maximum atomic E-state index is 13.3. The first-order valence-electron chi connectivity index (χ1n) is 9.78. The fraction of sp³-hybridized carbons (Fsp3) is 0.304. The maximum absolute atomic E-state index is 13.3. The number of ketones is 1. The molecule has 1 aliphatic rings. The number of carbonyl (C=O) groups excluding carboxylic acids is 1. The minimum absolute atomic E-state index is 0.0357. The van der Waals surface area contributed by atoms with Crippen LogP contribution in [0.25, 0.3) is 21.6 Å². The van der Waals surface area contributed by atoms with Crippen LogP contribution in [0.15, 0.2) is 36.4 Å². The lowest BCUT2D eigenvalue weighted by Crippen LogP contribution is -2.34. The van der Waals surface area contributed by atoms with Gasteiger partial charge < -0.3 is 4.57 Å². The van der Waals surface area contributed by atoms with E-state index < -0.39 is 0 Å². The van der Waals surface area contributed by atoms with Crippen LogP contribution in [-0.4, -0.2) is 39.9 Å². The quantitative estimate of drug-likeness (QED) is 0.494. The van der Waals surface area contributed by atoms with Crippen LogP contribution in [0, 0.1) is 24.8 Å². The van der Waals surface area contributed by atoms with Crippen molar-refractivity contribution < 1.29 is 4.79 Å². The molecule has 6 heteroatoms. The van der Waals surface area contributed by atoms with Crippen molar-refractivity contribution in [1.29, 1.82) is 5.26 Å². The molecular weight excluding hydrogens is 362 g/mol.